The van der Waals surface area contributed by atoms with E-state index in [1.807, 2.05) is 12.5 Å². The summed E-state index contributed by atoms with van der Waals surface area (Å²) in [5, 5.41) is 3.93. The van der Waals surface area contributed by atoms with Crippen LogP contribution in [0.25, 0.3) is 0 Å². The first-order valence-electron chi connectivity index (χ1n) is 8.16. The van der Waals surface area contributed by atoms with E-state index in [1.54, 1.807) is 0 Å². The number of hydrogen-bond donors (Lipinski definition) is 1. The fourth-order valence-corrected chi connectivity index (χ4v) is 3.96. The van der Waals surface area contributed by atoms with Gasteiger partial charge in [0.05, 0.1) is 6.33 Å². The second kappa shape index (κ2) is 6.27. The molecule has 2 heterocycles. The van der Waals surface area contributed by atoms with Gasteiger partial charge in [-0.3, -0.25) is 0 Å². The first-order valence-corrected chi connectivity index (χ1v) is 8.16. The van der Waals surface area contributed by atoms with Gasteiger partial charge in [-0.1, -0.05) is 0 Å². The maximum atomic E-state index is 4.21. The Morgan fingerprint density at radius 1 is 1.20 bits per heavy atom. The molecule has 0 aromatic carbocycles. The third kappa shape index (κ3) is 3.07. The van der Waals surface area contributed by atoms with Gasteiger partial charge in [0.25, 0.3) is 0 Å². The molecule has 3 atom stereocenters. The third-order valence-electron chi connectivity index (χ3n) is 5.33. The summed E-state index contributed by atoms with van der Waals surface area (Å²) in [6.45, 7) is 4.90. The molecule has 1 aliphatic carbocycles. The molecule has 3 rings (SSSR count). The Morgan fingerprint density at radius 2 is 2.00 bits per heavy atom. The van der Waals surface area contributed by atoms with E-state index in [2.05, 4.69) is 39.9 Å². The molecule has 0 spiro atoms. The summed E-state index contributed by atoms with van der Waals surface area (Å²) in [4.78, 5) is 6.66. The van der Waals surface area contributed by atoms with Crippen molar-refractivity contribution < 1.29 is 0 Å². The van der Waals surface area contributed by atoms with Gasteiger partial charge < -0.3 is 14.8 Å². The Balaban J connectivity index is 1.56. The first kappa shape index (κ1) is 14.1. The van der Waals surface area contributed by atoms with Crippen molar-refractivity contribution in [2.24, 2.45) is 5.92 Å². The Hall–Kier alpha value is -0.870. The summed E-state index contributed by atoms with van der Waals surface area (Å²) in [6, 6.07) is 1.86. The minimum absolute atomic E-state index is 0.603. The molecule has 3 unspecified atom stereocenters. The summed E-state index contributed by atoms with van der Waals surface area (Å²) < 4.78 is 2.30. The molecule has 2 fully saturated rings. The number of rotatable bonds is 4. The van der Waals surface area contributed by atoms with Crippen LogP contribution in [0.15, 0.2) is 18.7 Å². The largest absolute Gasteiger partial charge is 0.333 e. The SMILES string of the molecule is CC(NC1CCCC1n1ccnc1)C1CCN(C)CC1. The molecule has 1 aliphatic heterocycles. The molecule has 4 nitrogen and oxygen atoms in total. The minimum Gasteiger partial charge on any atom is -0.333 e. The van der Waals surface area contributed by atoms with Crippen molar-refractivity contribution in [1.82, 2.24) is 19.8 Å². The second-order valence-electron chi connectivity index (χ2n) is 6.71. The van der Waals surface area contributed by atoms with E-state index in [-0.39, 0.29) is 0 Å². The highest BCUT2D eigenvalue weighted by atomic mass is 15.1. The summed E-state index contributed by atoms with van der Waals surface area (Å²) in [5.41, 5.74) is 0. The number of nitrogens with zero attached hydrogens (tertiary/aromatic N) is 3. The fourth-order valence-electron chi connectivity index (χ4n) is 3.96. The topological polar surface area (TPSA) is 33.1 Å². The van der Waals surface area contributed by atoms with Crippen LogP contribution in [0.2, 0.25) is 0 Å². The predicted molar refractivity (Wildman–Crippen MR) is 81.7 cm³/mol. The molecule has 1 saturated heterocycles. The minimum atomic E-state index is 0.603. The Bertz CT molecular complexity index is 395. The molecule has 1 N–H and O–H groups in total. The van der Waals surface area contributed by atoms with Crippen molar-refractivity contribution >= 4 is 0 Å². The summed E-state index contributed by atoms with van der Waals surface area (Å²) in [6.07, 6.45) is 12.6. The van der Waals surface area contributed by atoms with E-state index >= 15 is 0 Å². The highest BCUT2D eigenvalue weighted by Crippen LogP contribution is 2.31. The van der Waals surface area contributed by atoms with Gasteiger partial charge >= 0.3 is 0 Å². The van der Waals surface area contributed by atoms with Gasteiger partial charge in [-0.2, -0.15) is 0 Å². The molecule has 0 amide bonds. The van der Waals surface area contributed by atoms with Crippen molar-refractivity contribution in [1.29, 1.82) is 0 Å². The van der Waals surface area contributed by atoms with Crippen LogP contribution >= 0.6 is 0 Å². The van der Waals surface area contributed by atoms with Crippen molar-refractivity contribution in [3.05, 3.63) is 18.7 Å². The average Bonchev–Trinajstić information content (AvgIpc) is 3.09. The molecule has 1 aromatic rings. The molecule has 0 bridgehead atoms. The van der Waals surface area contributed by atoms with E-state index in [0.717, 1.165) is 5.92 Å². The van der Waals surface area contributed by atoms with Gasteiger partial charge in [0, 0.05) is 30.5 Å². The molecular weight excluding hydrogens is 248 g/mol. The zero-order valence-corrected chi connectivity index (χ0v) is 12.8. The lowest BCUT2D eigenvalue weighted by Gasteiger charge is -2.35. The number of imidazole rings is 1. The van der Waals surface area contributed by atoms with E-state index in [4.69, 9.17) is 0 Å². The highest BCUT2D eigenvalue weighted by Gasteiger charge is 2.31. The van der Waals surface area contributed by atoms with Crippen molar-refractivity contribution in [2.45, 2.75) is 57.2 Å². The predicted octanol–water partition coefficient (Wildman–Crippen LogP) is 2.30. The lowest BCUT2D eigenvalue weighted by molar-refractivity contribution is 0.179. The van der Waals surface area contributed by atoms with Crippen LogP contribution in [0.5, 0.6) is 0 Å². The zero-order chi connectivity index (χ0) is 13.9. The van der Waals surface area contributed by atoms with E-state index < -0.39 is 0 Å². The normalized spacial score (nSPS) is 30.7. The van der Waals surface area contributed by atoms with Crippen molar-refractivity contribution in [3.63, 3.8) is 0 Å². The van der Waals surface area contributed by atoms with E-state index in [1.165, 1.54) is 45.2 Å². The van der Waals surface area contributed by atoms with Gasteiger partial charge in [0.15, 0.2) is 0 Å². The van der Waals surface area contributed by atoms with Gasteiger partial charge in [-0.15, -0.1) is 0 Å². The quantitative estimate of drug-likeness (QED) is 0.916. The molecule has 20 heavy (non-hydrogen) atoms. The third-order valence-corrected chi connectivity index (χ3v) is 5.33. The summed E-state index contributed by atoms with van der Waals surface area (Å²) in [7, 11) is 2.24. The molecule has 2 aliphatic rings. The highest BCUT2D eigenvalue weighted by molar-refractivity contribution is 4.93. The van der Waals surface area contributed by atoms with Crippen LogP contribution in [-0.4, -0.2) is 46.7 Å². The van der Waals surface area contributed by atoms with Crippen LogP contribution in [0.3, 0.4) is 0 Å². The second-order valence-corrected chi connectivity index (χ2v) is 6.71. The van der Waals surface area contributed by atoms with Gasteiger partial charge in [-0.05, 0) is 65.1 Å². The number of likely N-dealkylation sites (tertiary alicyclic amines) is 1. The molecular formula is C16H28N4. The fraction of sp³-hybridized carbons (Fsp3) is 0.812. The Kier molecular flexibility index (Phi) is 4.41. The molecule has 4 heteroatoms. The van der Waals surface area contributed by atoms with Gasteiger partial charge in [0.1, 0.15) is 0 Å². The van der Waals surface area contributed by atoms with Crippen LogP contribution in [0, 0.1) is 5.92 Å². The Labute approximate surface area is 122 Å². The molecule has 0 radical (unpaired) electrons. The zero-order valence-electron chi connectivity index (χ0n) is 12.8. The lowest BCUT2D eigenvalue weighted by Crippen LogP contribution is -2.46. The maximum Gasteiger partial charge on any atom is 0.0949 e. The maximum absolute atomic E-state index is 4.21. The summed E-state index contributed by atoms with van der Waals surface area (Å²) >= 11 is 0. The van der Waals surface area contributed by atoms with Crippen LogP contribution in [-0.2, 0) is 0 Å². The molecule has 112 valence electrons. The number of hydrogen-bond acceptors (Lipinski definition) is 3. The van der Waals surface area contributed by atoms with Crippen molar-refractivity contribution in [2.75, 3.05) is 20.1 Å². The van der Waals surface area contributed by atoms with Gasteiger partial charge in [-0.25, -0.2) is 4.98 Å². The average molecular weight is 276 g/mol. The van der Waals surface area contributed by atoms with E-state index in [0.29, 0.717) is 18.1 Å². The van der Waals surface area contributed by atoms with Crippen LogP contribution in [0.4, 0.5) is 0 Å². The Morgan fingerprint density at radius 3 is 2.70 bits per heavy atom. The lowest BCUT2D eigenvalue weighted by atomic mass is 9.90. The number of piperidine rings is 1. The standard InChI is InChI=1S/C16H28N4/c1-13(14-6-9-19(2)10-7-14)18-15-4-3-5-16(15)20-11-8-17-12-20/h8,11-16,18H,3-7,9-10H2,1-2H3. The monoisotopic (exact) mass is 276 g/mol. The summed E-state index contributed by atoms with van der Waals surface area (Å²) in [5.74, 6) is 0.843. The smallest absolute Gasteiger partial charge is 0.0949 e. The molecule has 1 saturated carbocycles. The van der Waals surface area contributed by atoms with Crippen LogP contribution in [0.1, 0.15) is 45.1 Å². The van der Waals surface area contributed by atoms with Crippen LogP contribution < -0.4 is 5.32 Å². The first-order chi connectivity index (χ1) is 9.74. The molecule has 1 aromatic heterocycles. The number of nitrogens with one attached hydrogen (secondary N) is 1. The van der Waals surface area contributed by atoms with Crippen molar-refractivity contribution in [3.8, 4) is 0 Å². The number of aromatic nitrogens is 2. The van der Waals surface area contributed by atoms with Gasteiger partial charge in [0.2, 0.25) is 0 Å². The van der Waals surface area contributed by atoms with E-state index in [9.17, 15) is 0 Å².